The molecule has 0 aromatic heterocycles. The summed E-state index contributed by atoms with van der Waals surface area (Å²) in [7, 11) is 0. The summed E-state index contributed by atoms with van der Waals surface area (Å²) in [6, 6.07) is 10.4. The zero-order chi connectivity index (χ0) is 14.9. The molecule has 1 atom stereocenters. The van der Waals surface area contributed by atoms with Crippen molar-refractivity contribution >= 4 is 11.6 Å². The Morgan fingerprint density at radius 3 is 2.15 bits per heavy atom. The van der Waals surface area contributed by atoms with Gasteiger partial charge in [-0.25, -0.2) is 5.43 Å². The minimum atomic E-state index is -0.0229. The molecular formula is C17H21ClN2. The van der Waals surface area contributed by atoms with Gasteiger partial charge in [-0.15, -0.1) is 0 Å². The zero-order valence-electron chi connectivity index (χ0n) is 12.4. The van der Waals surface area contributed by atoms with E-state index in [4.69, 9.17) is 17.4 Å². The molecule has 0 aliphatic carbocycles. The molecule has 3 heteroatoms. The summed E-state index contributed by atoms with van der Waals surface area (Å²) in [6.45, 7) is 8.38. The van der Waals surface area contributed by atoms with Crippen LogP contribution in [0.2, 0.25) is 5.02 Å². The number of hydrazine groups is 1. The lowest BCUT2D eigenvalue weighted by atomic mass is 9.91. The average Bonchev–Trinajstić information content (AvgIpc) is 2.40. The van der Waals surface area contributed by atoms with Gasteiger partial charge in [0, 0.05) is 5.02 Å². The van der Waals surface area contributed by atoms with E-state index in [1.54, 1.807) is 0 Å². The fourth-order valence-corrected chi connectivity index (χ4v) is 2.62. The molecule has 2 nitrogen and oxygen atoms in total. The van der Waals surface area contributed by atoms with E-state index in [0.29, 0.717) is 0 Å². The predicted molar refractivity (Wildman–Crippen MR) is 86.0 cm³/mol. The predicted octanol–water partition coefficient (Wildman–Crippen LogP) is 4.13. The quantitative estimate of drug-likeness (QED) is 0.658. The van der Waals surface area contributed by atoms with Gasteiger partial charge in [0.05, 0.1) is 6.04 Å². The fraction of sp³-hybridized carbons (Fsp3) is 0.294. The molecule has 0 aliphatic rings. The number of benzene rings is 2. The second-order valence-electron chi connectivity index (χ2n) is 5.40. The standard InChI is InChI=1S/C17H21ClN2/c1-10-7-12(3)15(9-11(10)2)17(20-19)14-5-6-16(18)13(4)8-14/h5-9,17,20H,19H2,1-4H3. The number of halogens is 1. The van der Waals surface area contributed by atoms with Crippen LogP contribution in [0.1, 0.15) is 39.4 Å². The van der Waals surface area contributed by atoms with Crippen LogP contribution < -0.4 is 11.3 Å². The Morgan fingerprint density at radius 2 is 1.55 bits per heavy atom. The van der Waals surface area contributed by atoms with Gasteiger partial charge in [-0.1, -0.05) is 35.9 Å². The van der Waals surface area contributed by atoms with E-state index in [0.717, 1.165) is 16.1 Å². The largest absolute Gasteiger partial charge is 0.271 e. The fourth-order valence-electron chi connectivity index (χ4n) is 2.51. The topological polar surface area (TPSA) is 38.0 Å². The molecule has 2 aromatic rings. The van der Waals surface area contributed by atoms with E-state index < -0.39 is 0 Å². The number of aryl methyl sites for hydroxylation is 4. The minimum absolute atomic E-state index is 0.0229. The van der Waals surface area contributed by atoms with Gasteiger partial charge < -0.3 is 0 Å². The highest BCUT2D eigenvalue weighted by Crippen LogP contribution is 2.28. The van der Waals surface area contributed by atoms with Crippen LogP contribution in [0.5, 0.6) is 0 Å². The summed E-state index contributed by atoms with van der Waals surface area (Å²) < 4.78 is 0. The molecular weight excluding hydrogens is 268 g/mol. The van der Waals surface area contributed by atoms with Crippen LogP contribution in [0.3, 0.4) is 0 Å². The molecule has 0 saturated heterocycles. The highest BCUT2D eigenvalue weighted by atomic mass is 35.5. The van der Waals surface area contributed by atoms with Crippen LogP contribution in [-0.4, -0.2) is 0 Å². The van der Waals surface area contributed by atoms with Gasteiger partial charge in [-0.3, -0.25) is 5.84 Å². The minimum Gasteiger partial charge on any atom is -0.271 e. The molecule has 0 amide bonds. The summed E-state index contributed by atoms with van der Waals surface area (Å²) in [5.41, 5.74) is 10.1. The van der Waals surface area contributed by atoms with Gasteiger partial charge in [0.1, 0.15) is 0 Å². The molecule has 0 fully saturated rings. The van der Waals surface area contributed by atoms with Crippen molar-refractivity contribution in [3.63, 3.8) is 0 Å². The van der Waals surface area contributed by atoms with Crippen LogP contribution in [0.25, 0.3) is 0 Å². The maximum atomic E-state index is 6.10. The Labute approximate surface area is 125 Å². The van der Waals surface area contributed by atoms with Crippen LogP contribution in [0, 0.1) is 27.7 Å². The number of nitrogens with two attached hydrogens (primary N) is 1. The number of nitrogens with one attached hydrogen (secondary N) is 1. The maximum absolute atomic E-state index is 6.10. The molecule has 20 heavy (non-hydrogen) atoms. The summed E-state index contributed by atoms with van der Waals surface area (Å²) in [6.07, 6.45) is 0. The number of rotatable bonds is 3. The molecule has 0 radical (unpaired) electrons. The summed E-state index contributed by atoms with van der Waals surface area (Å²) >= 11 is 6.10. The first kappa shape index (κ1) is 15.0. The van der Waals surface area contributed by atoms with Crippen molar-refractivity contribution in [2.75, 3.05) is 0 Å². The highest BCUT2D eigenvalue weighted by Gasteiger charge is 2.16. The molecule has 0 saturated carbocycles. The summed E-state index contributed by atoms with van der Waals surface area (Å²) in [5, 5.41) is 0.779. The summed E-state index contributed by atoms with van der Waals surface area (Å²) in [5.74, 6) is 5.80. The first-order valence-electron chi connectivity index (χ1n) is 6.74. The van der Waals surface area contributed by atoms with E-state index in [9.17, 15) is 0 Å². The van der Waals surface area contributed by atoms with Crippen molar-refractivity contribution < 1.29 is 0 Å². The van der Waals surface area contributed by atoms with E-state index >= 15 is 0 Å². The third-order valence-corrected chi connectivity index (χ3v) is 4.30. The Morgan fingerprint density at radius 1 is 0.900 bits per heavy atom. The van der Waals surface area contributed by atoms with Crippen molar-refractivity contribution in [2.45, 2.75) is 33.7 Å². The lowest BCUT2D eigenvalue weighted by Crippen LogP contribution is -2.29. The van der Waals surface area contributed by atoms with E-state index in [2.05, 4.69) is 44.4 Å². The first-order valence-corrected chi connectivity index (χ1v) is 7.11. The Balaban J connectivity index is 2.52. The lowest BCUT2D eigenvalue weighted by molar-refractivity contribution is 0.632. The van der Waals surface area contributed by atoms with Crippen molar-refractivity contribution in [3.8, 4) is 0 Å². The van der Waals surface area contributed by atoms with Crippen molar-refractivity contribution in [1.82, 2.24) is 5.43 Å². The van der Waals surface area contributed by atoms with Gasteiger partial charge in [0.2, 0.25) is 0 Å². The molecule has 2 rings (SSSR count). The van der Waals surface area contributed by atoms with E-state index in [1.165, 1.54) is 22.3 Å². The SMILES string of the molecule is Cc1cc(C)c(C(NN)c2ccc(Cl)c(C)c2)cc1C. The second-order valence-corrected chi connectivity index (χ2v) is 5.81. The van der Waals surface area contributed by atoms with Gasteiger partial charge in [0.15, 0.2) is 0 Å². The molecule has 0 heterocycles. The highest BCUT2D eigenvalue weighted by molar-refractivity contribution is 6.31. The molecule has 1 unspecified atom stereocenters. The first-order chi connectivity index (χ1) is 9.43. The van der Waals surface area contributed by atoms with Crippen LogP contribution in [0.4, 0.5) is 0 Å². The van der Waals surface area contributed by atoms with E-state index in [-0.39, 0.29) is 6.04 Å². The van der Waals surface area contributed by atoms with Gasteiger partial charge >= 0.3 is 0 Å². The van der Waals surface area contributed by atoms with Crippen molar-refractivity contribution in [1.29, 1.82) is 0 Å². The third-order valence-electron chi connectivity index (χ3n) is 3.88. The zero-order valence-corrected chi connectivity index (χ0v) is 13.2. The Kier molecular flexibility index (Phi) is 4.48. The van der Waals surface area contributed by atoms with Crippen LogP contribution in [-0.2, 0) is 0 Å². The Bertz CT molecular complexity index is 635. The lowest BCUT2D eigenvalue weighted by Gasteiger charge is -2.21. The number of hydrogen-bond donors (Lipinski definition) is 2. The molecule has 3 N–H and O–H groups in total. The molecule has 0 bridgehead atoms. The molecule has 106 valence electrons. The normalized spacial score (nSPS) is 12.5. The second kappa shape index (κ2) is 5.96. The van der Waals surface area contributed by atoms with Crippen LogP contribution >= 0.6 is 11.6 Å². The van der Waals surface area contributed by atoms with E-state index in [1.807, 2.05) is 19.1 Å². The average molecular weight is 289 g/mol. The number of hydrogen-bond acceptors (Lipinski definition) is 2. The maximum Gasteiger partial charge on any atom is 0.0712 e. The third kappa shape index (κ3) is 2.88. The van der Waals surface area contributed by atoms with Gasteiger partial charge in [-0.2, -0.15) is 0 Å². The summed E-state index contributed by atoms with van der Waals surface area (Å²) in [4.78, 5) is 0. The van der Waals surface area contributed by atoms with Crippen LogP contribution in [0.15, 0.2) is 30.3 Å². The van der Waals surface area contributed by atoms with Crippen molar-refractivity contribution in [2.24, 2.45) is 5.84 Å². The Hall–Kier alpha value is -1.35. The smallest absolute Gasteiger partial charge is 0.0712 e. The monoisotopic (exact) mass is 288 g/mol. The molecule has 0 aliphatic heterocycles. The van der Waals surface area contributed by atoms with Gasteiger partial charge in [-0.05, 0) is 67.1 Å². The molecule has 2 aromatic carbocycles. The van der Waals surface area contributed by atoms with Crippen molar-refractivity contribution in [3.05, 3.63) is 68.7 Å². The molecule has 0 spiro atoms. The van der Waals surface area contributed by atoms with Gasteiger partial charge in [0.25, 0.3) is 0 Å².